The van der Waals surface area contributed by atoms with E-state index in [-0.39, 0.29) is 11.1 Å². The summed E-state index contributed by atoms with van der Waals surface area (Å²) in [5.74, 6) is 0.737. The lowest BCUT2D eigenvalue weighted by Crippen LogP contribution is -2.19. The van der Waals surface area contributed by atoms with Gasteiger partial charge in [-0.25, -0.2) is 9.07 Å². The summed E-state index contributed by atoms with van der Waals surface area (Å²) in [5, 5.41) is 11.8. The first-order valence-electron chi connectivity index (χ1n) is 6.83. The van der Waals surface area contributed by atoms with Crippen LogP contribution in [0.3, 0.4) is 0 Å². The molecule has 3 rings (SSSR count). The van der Waals surface area contributed by atoms with Crippen molar-refractivity contribution in [2.75, 3.05) is 5.73 Å². The lowest BCUT2D eigenvalue weighted by atomic mass is 9.92. The van der Waals surface area contributed by atoms with Gasteiger partial charge in [-0.1, -0.05) is 13.8 Å². The summed E-state index contributed by atoms with van der Waals surface area (Å²) >= 11 is 0. The third kappa shape index (κ3) is 2.15. The van der Waals surface area contributed by atoms with Crippen molar-refractivity contribution in [3.8, 4) is 11.4 Å². The number of nitrogens with two attached hydrogens (primary N) is 1. The minimum absolute atomic E-state index is 0.133. The van der Waals surface area contributed by atoms with Crippen molar-refractivity contribution in [2.24, 2.45) is 11.3 Å². The summed E-state index contributed by atoms with van der Waals surface area (Å²) < 4.78 is 15.4. The molecular weight excluding hydrogens is 257 g/mol. The van der Waals surface area contributed by atoms with Gasteiger partial charge in [-0.3, -0.25) is 0 Å². The average Bonchev–Trinajstić information content (AvgIpc) is 3.05. The van der Waals surface area contributed by atoms with E-state index in [0.29, 0.717) is 17.3 Å². The van der Waals surface area contributed by atoms with Crippen LogP contribution in [-0.4, -0.2) is 20.2 Å². The second-order valence-corrected chi connectivity index (χ2v) is 5.91. The number of halogens is 1. The molecule has 5 nitrogen and oxygen atoms in total. The summed E-state index contributed by atoms with van der Waals surface area (Å²) in [5.41, 5.74) is 6.57. The molecule has 1 aromatic carbocycles. The standard InChI is InChI=1S/C14H18FN5/c1-9(2)14(5-6-14)8-20-13(17-18-19-20)10-3-4-12(16)11(15)7-10/h3-4,7,9H,5-6,8,16H2,1-2H3. The van der Waals surface area contributed by atoms with E-state index in [2.05, 4.69) is 29.4 Å². The SMILES string of the molecule is CC(C)C1(Cn2nnnc2-c2ccc(N)c(F)c2)CC1. The minimum Gasteiger partial charge on any atom is -0.396 e. The summed E-state index contributed by atoms with van der Waals surface area (Å²) in [6.07, 6.45) is 2.39. The normalized spacial score (nSPS) is 16.6. The molecule has 1 aromatic heterocycles. The molecule has 1 aliphatic carbocycles. The maximum absolute atomic E-state index is 13.6. The fourth-order valence-corrected chi connectivity index (χ4v) is 2.56. The van der Waals surface area contributed by atoms with Crippen LogP contribution >= 0.6 is 0 Å². The Labute approximate surface area is 117 Å². The van der Waals surface area contributed by atoms with E-state index in [4.69, 9.17) is 5.73 Å². The van der Waals surface area contributed by atoms with Crippen LogP contribution < -0.4 is 5.73 Å². The number of hydrogen-bond donors (Lipinski definition) is 1. The highest BCUT2D eigenvalue weighted by Crippen LogP contribution is 2.53. The molecule has 1 fully saturated rings. The fraction of sp³-hybridized carbons (Fsp3) is 0.500. The van der Waals surface area contributed by atoms with Gasteiger partial charge < -0.3 is 5.73 Å². The van der Waals surface area contributed by atoms with Gasteiger partial charge in [0.2, 0.25) is 0 Å². The van der Waals surface area contributed by atoms with Crippen molar-refractivity contribution in [2.45, 2.75) is 33.2 Å². The van der Waals surface area contributed by atoms with E-state index >= 15 is 0 Å². The maximum atomic E-state index is 13.6. The van der Waals surface area contributed by atoms with Crippen LogP contribution in [0.2, 0.25) is 0 Å². The largest absolute Gasteiger partial charge is 0.396 e. The van der Waals surface area contributed by atoms with Gasteiger partial charge in [0.1, 0.15) is 5.82 Å². The summed E-state index contributed by atoms with van der Waals surface area (Å²) in [7, 11) is 0. The number of nitrogen functional groups attached to an aromatic ring is 1. The highest BCUT2D eigenvalue weighted by molar-refractivity contribution is 5.59. The number of rotatable bonds is 4. The molecule has 0 atom stereocenters. The van der Waals surface area contributed by atoms with Crippen molar-refractivity contribution in [3.05, 3.63) is 24.0 Å². The Morgan fingerprint density at radius 3 is 2.75 bits per heavy atom. The Bertz CT molecular complexity index is 630. The molecule has 0 spiro atoms. The Balaban J connectivity index is 1.92. The van der Waals surface area contributed by atoms with Crippen molar-refractivity contribution >= 4 is 5.69 Å². The molecule has 0 saturated heterocycles. The van der Waals surface area contributed by atoms with Crippen molar-refractivity contribution < 1.29 is 4.39 Å². The molecule has 1 heterocycles. The van der Waals surface area contributed by atoms with Gasteiger partial charge in [0, 0.05) is 5.56 Å². The van der Waals surface area contributed by atoms with Gasteiger partial charge >= 0.3 is 0 Å². The Morgan fingerprint density at radius 1 is 1.40 bits per heavy atom. The molecule has 0 aliphatic heterocycles. The van der Waals surface area contributed by atoms with Crippen LogP contribution in [0, 0.1) is 17.2 Å². The molecule has 6 heteroatoms. The monoisotopic (exact) mass is 275 g/mol. The van der Waals surface area contributed by atoms with Gasteiger partial charge in [0.15, 0.2) is 5.82 Å². The molecule has 2 N–H and O–H groups in total. The van der Waals surface area contributed by atoms with Gasteiger partial charge in [-0.2, -0.15) is 0 Å². The van der Waals surface area contributed by atoms with Crippen LogP contribution in [0.4, 0.5) is 10.1 Å². The number of anilines is 1. The lowest BCUT2D eigenvalue weighted by Gasteiger charge is -2.19. The zero-order valence-corrected chi connectivity index (χ0v) is 11.7. The van der Waals surface area contributed by atoms with Crippen LogP contribution in [0.25, 0.3) is 11.4 Å². The van der Waals surface area contributed by atoms with Gasteiger partial charge in [-0.15, -0.1) is 5.10 Å². The number of hydrogen-bond acceptors (Lipinski definition) is 4. The smallest absolute Gasteiger partial charge is 0.182 e. The summed E-state index contributed by atoms with van der Waals surface area (Å²) in [6, 6.07) is 4.67. The van der Waals surface area contributed by atoms with Crippen LogP contribution in [0.5, 0.6) is 0 Å². The first-order valence-corrected chi connectivity index (χ1v) is 6.83. The summed E-state index contributed by atoms with van der Waals surface area (Å²) in [4.78, 5) is 0. The highest BCUT2D eigenvalue weighted by atomic mass is 19.1. The van der Waals surface area contributed by atoms with Gasteiger partial charge in [0.25, 0.3) is 0 Å². The lowest BCUT2D eigenvalue weighted by molar-refractivity contribution is 0.294. The zero-order chi connectivity index (χ0) is 14.3. The molecule has 2 aromatic rings. The quantitative estimate of drug-likeness (QED) is 0.870. The van der Waals surface area contributed by atoms with Gasteiger partial charge in [-0.05, 0) is 52.8 Å². The third-order valence-electron chi connectivity index (χ3n) is 4.37. The average molecular weight is 275 g/mol. The van der Waals surface area contributed by atoms with Gasteiger partial charge in [0.05, 0.1) is 12.2 Å². The van der Waals surface area contributed by atoms with Crippen LogP contribution in [-0.2, 0) is 6.54 Å². The predicted octanol–water partition coefficient (Wildman–Crippen LogP) is 2.50. The predicted molar refractivity (Wildman–Crippen MR) is 74.1 cm³/mol. The Morgan fingerprint density at radius 2 is 2.15 bits per heavy atom. The number of tetrazole rings is 1. The third-order valence-corrected chi connectivity index (χ3v) is 4.37. The van der Waals surface area contributed by atoms with E-state index in [1.807, 2.05) is 0 Å². The molecule has 0 amide bonds. The topological polar surface area (TPSA) is 69.6 Å². The van der Waals surface area contributed by atoms with Crippen LogP contribution in [0.1, 0.15) is 26.7 Å². The number of benzene rings is 1. The van der Waals surface area contributed by atoms with E-state index in [1.54, 1.807) is 16.8 Å². The first-order chi connectivity index (χ1) is 9.52. The van der Waals surface area contributed by atoms with Crippen molar-refractivity contribution in [1.29, 1.82) is 0 Å². The highest BCUT2D eigenvalue weighted by Gasteiger charge is 2.46. The molecule has 1 aliphatic rings. The Kier molecular flexibility index (Phi) is 2.96. The zero-order valence-electron chi connectivity index (χ0n) is 11.7. The van der Waals surface area contributed by atoms with E-state index in [1.165, 1.54) is 18.9 Å². The van der Waals surface area contributed by atoms with Crippen molar-refractivity contribution in [1.82, 2.24) is 20.2 Å². The molecule has 0 radical (unpaired) electrons. The molecule has 106 valence electrons. The molecule has 1 saturated carbocycles. The molecule has 0 unspecified atom stereocenters. The molecule has 20 heavy (non-hydrogen) atoms. The Hall–Kier alpha value is -1.98. The number of nitrogens with zero attached hydrogens (tertiary/aromatic N) is 4. The number of aromatic nitrogens is 4. The summed E-state index contributed by atoms with van der Waals surface area (Å²) in [6.45, 7) is 5.22. The molecular formula is C14H18FN5. The first kappa shape index (κ1) is 13.0. The van der Waals surface area contributed by atoms with E-state index in [0.717, 1.165) is 6.54 Å². The van der Waals surface area contributed by atoms with E-state index in [9.17, 15) is 4.39 Å². The second kappa shape index (κ2) is 4.54. The van der Waals surface area contributed by atoms with E-state index < -0.39 is 5.82 Å². The second-order valence-electron chi connectivity index (χ2n) is 5.91. The fourth-order valence-electron chi connectivity index (χ4n) is 2.56. The van der Waals surface area contributed by atoms with Crippen molar-refractivity contribution in [3.63, 3.8) is 0 Å². The molecule has 0 bridgehead atoms. The maximum Gasteiger partial charge on any atom is 0.182 e. The minimum atomic E-state index is -0.443. The van der Waals surface area contributed by atoms with Crippen LogP contribution in [0.15, 0.2) is 18.2 Å².